The fraction of sp³-hybridized carbons (Fsp3) is 0.364. The van der Waals surface area contributed by atoms with Gasteiger partial charge in [0.1, 0.15) is 5.82 Å². The quantitative estimate of drug-likeness (QED) is 0.869. The Morgan fingerprint density at radius 2 is 2.38 bits per heavy atom. The molecule has 0 saturated carbocycles. The number of amides is 1. The van der Waals surface area contributed by atoms with Crippen molar-refractivity contribution in [3.63, 3.8) is 0 Å². The van der Waals surface area contributed by atoms with Crippen LogP contribution in [0.2, 0.25) is 0 Å². The van der Waals surface area contributed by atoms with Gasteiger partial charge in [0.25, 0.3) is 5.91 Å². The van der Waals surface area contributed by atoms with Gasteiger partial charge < -0.3 is 10.6 Å². The lowest BCUT2D eigenvalue weighted by molar-refractivity contribution is 0.0936. The fourth-order valence-electron chi connectivity index (χ4n) is 1.71. The molecule has 1 aliphatic heterocycles. The van der Waals surface area contributed by atoms with Gasteiger partial charge in [0, 0.05) is 17.1 Å². The lowest BCUT2D eigenvalue weighted by Crippen LogP contribution is -2.36. The molecule has 2 N–H and O–H groups in total. The molecule has 0 aliphatic carbocycles. The van der Waals surface area contributed by atoms with Crippen LogP contribution in [0.25, 0.3) is 0 Å². The third-order valence-corrected chi connectivity index (χ3v) is 3.06. The molecule has 3 nitrogen and oxygen atoms in total. The summed E-state index contributed by atoms with van der Waals surface area (Å²) in [6.07, 6.45) is 0.893. The van der Waals surface area contributed by atoms with E-state index in [2.05, 4.69) is 26.6 Å². The molecule has 1 aliphatic rings. The normalized spacial score (nSPS) is 19.8. The van der Waals surface area contributed by atoms with Crippen LogP contribution < -0.4 is 10.6 Å². The van der Waals surface area contributed by atoms with E-state index in [1.54, 1.807) is 6.07 Å². The van der Waals surface area contributed by atoms with Crippen LogP contribution in [-0.2, 0) is 0 Å². The van der Waals surface area contributed by atoms with Crippen molar-refractivity contribution >= 4 is 21.8 Å². The van der Waals surface area contributed by atoms with Crippen LogP contribution in [0.3, 0.4) is 0 Å². The van der Waals surface area contributed by atoms with Gasteiger partial charge in [-0.25, -0.2) is 4.39 Å². The van der Waals surface area contributed by atoms with Crippen LogP contribution in [-0.4, -0.2) is 25.0 Å². The minimum atomic E-state index is -0.502. The molecule has 1 aromatic rings. The number of benzene rings is 1. The molecular weight excluding hydrogens is 275 g/mol. The maximum absolute atomic E-state index is 13.5. The number of halogens is 2. The molecule has 1 aromatic carbocycles. The summed E-state index contributed by atoms with van der Waals surface area (Å²) in [6.45, 7) is 1.65. The van der Waals surface area contributed by atoms with Crippen molar-refractivity contribution in [3.05, 3.63) is 34.1 Å². The van der Waals surface area contributed by atoms with E-state index in [-0.39, 0.29) is 17.5 Å². The van der Waals surface area contributed by atoms with Gasteiger partial charge >= 0.3 is 0 Å². The van der Waals surface area contributed by atoms with Crippen LogP contribution >= 0.6 is 15.9 Å². The fourth-order valence-corrected chi connectivity index (χ4v) is 2.05. The second kappa shape index (κ2) is 4.93. The van der Waals surface area contributed by atoms with Crippen molar-refractivity contribution < 1.29 is 9.18 Å². The lowest BCUT2D eigenvalue weighted by atomic mass is 10.1. The molecule has 1 amide bonds. The molecule has 0 unspecified atom stereocenters. The zero-order valence-electron chi connectivity index (χ0n) is 8.59. The monoisotopic (exact) mass is 286 g/mol. The average molecular weight is 287 g/mol. The van der Waals surface area contributed by atoms with Crippen molar-refractivity contribution in [2.45, 2.75) is 12.5 Å². The summed E-state index contributed by atoms with van der Waals surface area (Å²) in [6, 6.07) is 4.54. The molecule has 1 fully saturated rings. The number of carbonyl (C=O) groups excluding carboxylic acids is 1. The van der Waals surface area contributed by atoms with Crippen LogP contribution in [0.15, 0.2) is 22.7 Å². The number of hydrogen-bond donors (Lipinski definition) is 2. The number of hydrogen-bond acceptors (Lipinski definition) is 2. The van der Waals surface area contributed by atoms with Crippen molar-refractivity contribution in [1.82, 2.24) is 10.6 Å². The molecule has 2 rings (SSSR count). The van der Waals surface area contributed by atoms with E-state index in [1.807, 2.05) is 0 Å². The standard InChI is InChI=1S/C11H12BrFN2O/c12-7-1-2-9(10(13)5-7)11(16)15-8-3-4-14-6-8/h1-2,5,8,14H,3-4,6H2,(H,15,16)/t8-/m1/s1. The highest BCUT2D eigenvalue weighted by Gasteiger charge is 2.19. The number of rotatable bonds is 2. The van der Waals surface area contributed by atoms with Crippen molar-refractivity contribution in [2.75, 3.05) is 13.1 Å². The molecule has 0 bridgehead atoms. The zero-order chi connectivity index (χ0) is 11.5. The SMILES string of the molecule is O=C(N[C@@H]1CCNC1)c1ccc(Br)cc1F. The highest BCUT2D eigenvalue weighted by molar-refractivity contribution is 9.10. The van der Waals surface area contributed by atoms with E-state index < -0.39 is 5.82 Å². The van der Waals surface area contributed by atoms with E-state index in [1.165, 1.54) is 12.1 Å². The Morgan fingerprint density at radius 1 is 1.56 bits per heavy atom. The summed E-state index contributed by atoms with van der Waals surface area (Å²) in [5, 5.41) is 5.94. The van der Waals surface area contributed by atoms with Gasteiger partial charge in [-0.05, 0) is 31.2 Å². The van der Waals surface area contributed by atoms with E-state index in [0.29, 0.717) is 4.47 Å². The Morgan fingerprint density at radius 3 is 3.00 bits per heavy atom. The van der Waals surface area contributed by atoms with Crippen LogP contribution in [0.5, 0.6) is 0 Å². The predicted octanol–water partition coefficient (Wildman–Crippen LogP) is 1.68. The molecule has 0 spiro atoms. The van der Waals surface area contributed by atoms with Gasteiger partial charge in [0.15, 0.2) is 0 Å². The summed E-state index contributed by atoms with van der Waals surface area (Å²) in [4.78, 5) is 11.7. The Hall–Kier alpha value is -0.940. The summed E-state index contributed by atoms with van der Waals surface area (Å²) in [5.41, 5.74) is 0.0927. The topological polar surface area (TPSA) is 41.1 Å². The minimum Gasteiger partial charge on any atom is -0.348 e. The molecule has 5 heteroatoms. The molecule has 16 heavy (non-hydrogen) atoms. The summed E-state index contributed by atoms with van der Waals surface area (Å²) in [5.74, 6) is -0.850. The first-order chi connectivity index (χ1) is 7.66. The minimum absolute atomic E-state index is 0.0927. The second-order valence-electron chi connectivity index (χ2n) is 3.79. The third kappa shape index (κ3) is 2.59. The summed E-state index contributed by atoms with van der Waals surface area (Å²) < 4.78 is 14.1. The van der Waals surface area contributed by atoms with Crippen LogP contribution in [0.1, 0.15) is 16.8 Å². The predicted molar refractivity (Wildman–Crippen MR) is 62.8 cm³/mol. The molecule has 86 valence electrons. The van der Waals surface area contributed by atoms with Crippen LogP contribution in [0.4, 0.5) is 4.39 Å². The Bertz CT molecular complexity index is 405. The Balaban J connectivity index is 2.08. The lowest BCUT2D eigenvalue weighted by Gasteiger charge is -2.11. The van der Waals surface area contributed by atoms with Crippen LogP contribution in [0, 0.1) is 5.82 Å². The molecule has 1 heterocycles. The van der Waals surface area contributed by atoms with Gasteiger partial charge in [-0.15, -0.1) is 0 Å². The molecule has 0 radical (unpaired) electrons. The van der Waals surface area contributed by atoms with Gasteiger partial charge in [-0.3, -0.25) is 4.79 Å². The van der Waals surface area contributed by atoms with E-state index in [0.717, 1.165) is 19.5 Å². The first-order valence-electron chi connectivity index (χ1n) is 5.13. The van der Waals surface area contributed by atoms with Gasteiger partial charge in [-0.1, -0.05) is 15.9 Å². The van der Waals surface area contributed by atoms with E-state index >= 15 is 0 Å². The van der Waals surface area contributed by atoms with Crippen molar-refractivity contribution in [1.29, 1.82) is 0 Å². The third-order valence-electron chi connectivity index (χ3n) is 2.57. The number of carbonyl (C=O) groups is 1. The average Bonchev–Trinajstić information content (AvgIpc) is 2.70. The molecular formula is C11H12BrFN2O. The highest BCUT2D eigenvalue weighted by atomic mass is 79.9. The summed E-state index contributed by atoms with van der Waals surface area (Å²) >= 11 is 3.15. The maximum atomic E-state index is 13.5. The van der Waals surface area contributed by atoms with Crippen molar-refractivity contribution in [3.8, 4) is 0 Å². The van der Waals surface area contributed by atoms with E-state index in [9.17, 15) is 9.18 Å². The Kier molecular flexibility index (Phi) is 3.56. The smallest absolute Gasteiger partial charge is 0.254 e. The van der Waals surface area contributed by atoms with E-state index in [4.69, 9.17) is 0 Å². The zero-order valence-corrected chi connectivity index (χ0v) is 10.2. The summed E-state index contributed by atoms with van der Waals surface area (Å²) in [7, 11) is 0. The largest absolute Gasteiger partial charge is 0.348 e. The first-order valence-corrected chi connectivity index (χ1v) is 5.93. The highest BCUT2D eigenvalue weighted by Crippen LogP contribution is 2.15. The molecule has 1 atom stereocenters. The van der Waals surface area contributed by atoms with Crippen molar-refractivity contribution in [2.24, 2.45) is 0 Å². The molecule has 1 saturated heterocycles. The second-order valence-corrected chi connectivity index (χ2v) is 4.70. The Labute approximate surface area is 102 Å². The molecule has 0 aromatic heterocycles. The van der Waals surface area contributed by atoms with Gasteiger partial charge in [0.05, 0.1) is 5.56 Å². The maximum Gasteiger partial charge on any atom is 0.254 e. The van der Waals surface area contributed by atoms with Gasteiger partial charge in [0.2, 0.25) is 0 Å². The number of nitrogens with one attached hydrogen (secondary N) is 2. The van der Waals surface area contributed by atoms with Gasteiger partial charge in [-0.2, -0.15) is 0 Å². The first kappa shape index (κ1) is 11.5.